The predicted molar refractivity (Wildman–Crippen MR) is 124 cm³/mol. The molecule has 5 nitrogen and oxygen atoms in total. The SMILES string of the molecule is C=C1CCC(N2Cc3c(CNC(=O)CCc4ccc(C)c(Cl)c4)cccc3C2=O)C(=O)C1. The Balaban J connectivity index is 1.38. The van der Waals surface area contributed by atoms with E-state index in [0.29, 0.717) is 49.4 Å². The van der Waals surface area contributed by atoms with Crippen LogP contribution in [-0.2, 0) is 29.1 Å². The summed E-state index contributed by atoms with van der Waals surface area (Å²) < 4.78 is 0. The molecule has 0 saturated heterocycles. The zero-order valence-corrected chi connectivity index (χ0v) is 19.0. The third-order valence-corrected chi connectivity index (χ3v) is 6.80. The lowest BCUT2D eigenvalue weighted by atomic mass is 9.89. The van der Waals surface area contributed by atoms with E-state index in [1.165, 1.54) is 0 Å². The van der Waals surface area contributed by atoms with Gasteiger partial charge in [0.15, 0.2) is 5.78 Å². The lowest BCUT2D eigenvalue weighted by Gasteiger charge is -2.30. The van der Waals surface area contributed by atoms with E-state index in [1.54, 1.807) is 11.0 Å². The molecule has 1 N–H and O–H groups in total. The number of amides is 2. The minimum Gasteiger partial charge on any atom is -0.352 e. The molecule has 32 heavy (non-hydrogen) atoms. The number of rotatable bonds is 6. The minimum atomic E-state index is -0.385. The van der Waals surface area contributed by atoms with E-state index in [1.807, 2.05) is 37.3 Å². The van der Waals surface area contributed by atoms with Crippen LogP contribution in [0.25, 0.3) is 0 Å². The first-order valence-corrected chi connectivity index (χ1v) is 11.3. The van der Waals surface area contributed by atoms with Crippen molar-refractivity contribution in [1.29, 1.82) is 0 Å². The smallest absolute Gasteiger partial charge is 0.255 e. The van der Waals surface area contributed by atoms with Gasteiger partial charge in [0, 0.05) is 36.5 Å². The maximum Gasteiger partial charge on any atom is 0.255 e. The number of benzene rings is 2. The number of Topliss-reactive ketones (excluding diaryl/α,β-unsaturated/α-hetero) is 1. The van der Waals surface area contributed by atoms with Crippen molar-refractivity contribution in [3.05, 3.63) is 81.4 Å². The molecule has 1 unspecified atom stereocenters. The van der Waals surface area contributed by atoms with Crippen LogP contribution in [0.5, 0.6) is 0 Å². The van der Waals surface area contributed by atoms with Gasteiger partial charge in [0.05, 0.1) is 6.04 Å². The first-order chi connectivity index (χ1) is 15.3. The summed E-state index contributed by atoms with van der Waals surface area (Å²) in [4.78, 5) is 39.6. The molecule has 4 rings (SSSR count). The summed E-state index contributed by atoms with van der Waals surface area (Å²) in [5, 5.41) is 3.67. The Morgan fingerprint density at radius 3 is 2.81 bits per heavy atom. The quantitative estimate of drug-likeness (QED) is 0.657. The third-order valence-electron chi connectivity index (χ3n) is 6.39. The summed E-state index contributed by atoms with van der Waals surface area (Å²) in [7, 11) is 0. The highest BCUT2D eigenvalue weighted by atomic mass is 35.5. The number of fused-ring (bicyclic) bond motifs is 1. The van der Waals surface area contributed by atoms with Crippen LogP contribution in [0.1, 0.15) is 58.3 Å². The average molecular weight is 451 g/mol. The zero-order valence-electron chi connectivity index (χ0n) is 18.2. The molecule has 0 bridgehead atoms. The molecule has 6 heteroatoms. The summed E-state index contributed by atoms with van der Waals surface area (Å²) in [5.41, 5.74) is 5.42. The van der Waals surface area contributed by atoms with Gasteiger partial charge in [-0.15, -0.1) is 0 Å². The fraction of sp³-hybridized carbons (Fsp3) is 0.346. The molecule has 1 aliphatic heterocycles. The number of aryl methyl sites for hydroxylation is 2. The Hall–Kier alpha value is -2.92. The number of carbonyl (C=O) groups is 3. The van der Waals surface area contributed by atoms with E-state index in [0.717, 1.165) is 34.2 Å². The van der Waals surface area contributed by atoms with Gasteiger partial charge < -0.3 is 10.2 Å². The summed E-state index contributed by atoms with van der Waals surface area (Å²) in [5.74, 6) is -0.0924. The second-order valence-corrected chi connectivity index (χ2v) is 9.09. The minimum absolute atomic E-state index is 0.0542. The molecule has 0 spiro atoms. The van der Waals surface area contributed by atoms with Gasteiger partial charge in [0.2, 0.25) is 5.91 Å². The van der Waals surface area contributed by atoms with Crippen molar-refractivity contribution in [2.45, 2.75) is 58.2 Å². The molecule has 0 radical (unpaired) electrons. The van der Waals surface area contributed by atoms with Crippen molar-refractivity contribution in [2.24, 2.45) is 0 Å². The first-order valence-electron chi connectivity index (χ1n) is 11.0. The monoisotopic (exact) mass is 450 g/mol. The molecular formula is C26H27ClN2O3. The number of nitrogens with zero attached hydrogens (tertiary/aromatic N) is 1. The lowest BCUT2D eigenvalue weighted by Crippen LogP contribution is -2.43. The maximum atomic E-state index is 13.0. The Morgan fingerprint density at radius 2 is 2.06 bits per heavy atom. The van der Waals surface area contributed by atoms with E-state index in [2.05, 4.69) is 11.9 Å². The van der Waals surface area contributed by atoms with Crippen molar-refractivity contribution in [1.82, 2.24) is 10.2 Å². The van der Waals surface area contributed by atoms with Gasteiger partial charge in [-0.3, -0.25) is 14.4 Å². The molecule has 1 saturated carbocycles. The second-order valence-electron chi connectivity index (χ2n) is 8.68. The molecule has 1 heterocycles. The molecule has 1 aliphatic carbocycles. The molecule has 0 aromatic heterocycles. The van der Waals surface area contributed by atoms with Gasteiger partial charge in [-0.05, 0) is 60.6 Å². The standard InChI is InChI=1S/C26H27ClN2O3/c1-16-6-10-23(24(30)12-16)29-15-21-19(4-3-5-20(21)26(29)32)14-28-25(31)11-9-18-8-7-17(2)22(27)13-18/h3-5,7-8,13,23H,1,6,9-12,14-15H2,2H3,(H,28,31). The largest absolute Gasteiger partial charge is 0.352 e. The van der Waals surface area contributed by atoms with E-state index in [-0.39, 0.29) is 23.6 Å². The molecular weight excluding hydrogens is 424 g/mol. The first kappa shape index (κ1) is 22.3. The Bertz CT molecular complexity index is 1110. The van der Waals surface area contributed by atoms with Crippen molar-refractivity contribution in [3.63, 3.8) is 0 Å². The Morgan fingerprint density at radius 1 is 1.25 bits per heavy atom. The van der Waals surface area contributed by atoms with Gasteiger partial charge >= 0.3 is 0 Å². The van der Waals surface area contributed by atoms with Crippen molar-refractivity contribution < 1.29 is 14.4 Å². The van der Waals surface area contributed by atoms with E-state index in [4.69, 9.17) is 11.6 Å². The number of hydrogen-bond acceptors (Lipinski definition) is 3. The fourth-order valence-corrected chi connectivity index (χ4v) is 4.66. The van der Waals surface area contributed by atoms with Gasteiger partial charge in [-0.1, -0.05) is 48.0 Å². The van der Waals surface area contributed by atoms with Crippen LogP contribution in [0.3, 0.4) is 0 Å². The average Bonchev–Trinajstić information content (AvgIpc) is 3.10. The van der Waals surface area contributed by atoms with Crippen molar-refractivity contribution in [3.8, 4) is 0 Å². The Kier molecular flexibility index (Phi) is 6.47. The number of carbonyl (C=O) groups excluding carboxylic acids is 3. The van der Waals surface area contributed by atoms with Crippen molar-refractivity contribution in [2.75, 3.05) is 0 Å². The highest BCUT2D eigenvalue weighted by Crippen LogP contribution is 2.32. The van der Waals surface area contributed by atoms with Gasteiger partial charge in [0.1, 0.15) is 0 Å². The zero-order chi connectivity index (χ0) is 22.8. The summed E-state index contributed by atoms with van der Waals surface area (Å²) in [6, 6.07) is 11.0. The molecule has 2 aliphatic rings. The van der Waals surface area contributed by atoms with Crippen LogP contribution in [0, 0.1) is 6.92 Å². The number of halogens is 1. The number of nitrogens with one attached hydrogen (secondary N) is 1. The lowest BCUT2D eigenvalue weighted by molar-refractivity contribution is -0.124. The number of ketones is 1. The van der Waals surface area contributed by atoms with Crippen LogP contribution < -0.4 is 5.32 Å². The summed E-state index contributed by atoms with van der Waals surface area (Å²) >= 11 is 6.16. The second kappa shape index (κ2) is 9.29. The molecule has 1 fully saturated rings. The van der Waals surface area contributed by atoms with Gasteiger partial charge in [-0.25, -0.2) is 0 Å². The van der Waals surface area contributed by atoms with Gasteiger partial charge in [0.25, 0.3) is 5.91 Å². The fourth-order valence-electron chi connectivity index (χ4n) is 4.45. The van der Waals surface area contributed by atoms with E-state index < -0.39 is 0 Å². The Labute approximate surface area is 193 Å². The van der Waals surface area contributed by atoms with Crippen LogP contribution in [0.2, 0.25) is 5.02 Å². The topological polar surface area (TPSA) is 66.5 Å². The highest BCUT2D eigenvalue weighted by molar-refractivity contribution is 6.31. The van der Waals surface area contributed by atoms with Crippen LogP contribution in [-0.4, -0.2) is 28.5 Å². The normalized spacial score (nSPS) is 18.1. The highest BCUT2D eigenvalue weighted by Gasteiger charge is 2.38. The van der Waals surface area contributed by atoms with Crippen LogP contribution >= 0.6 is 11.6 Å². The molecule has 166 valence electrons. The van der Waals surface area contributed by atoms with E-state index in [9.17, 15) is 14.4 Å². The molecule has 2 aromatic carbocycles. The van der Waals surface area contributed by atoms with Crippen LogP contribution in [0.15, 0.2) is 48.6 Å². The van der Waals surface area contributed by atoms with Gasteiger partial charge in [-0.2, -0.15) is 0 Å². The maximum absolute atomic E-state index is 13.0. The summed E-state index contributed by atoms with van der Waals surface area (Å²) in [6.07, 6.45) is 2.72. The predicted octanol–water partition coefficient (Wildman–Crippen LogP) is 4.53. The molecule has 2 aromatic rings. The van der Waals surface area contributed by atoms with Crippen molar-refractivity contribution >= 4 is 29.2 Å². The summed E-state index contributed by atoms with van der Waals surface area (Å²) in [6.45, 7) is 6.62. The number of hydrogen-bond donors (Lipinski definition) is 1. The third kappa shape index (κ3) is 4.63. The number of allylic oxidation sites excluding steroid dienone is 1. The van der Waals surface area contributed by atoms with E-state index >= 15 is 0 Å². The molecule has 1 atom stereocenters. The molecule has 2 amide bonds. The van der Waals surface area contributed by atoms with Crippen LogP contribution in [0.4, 0.5) is 0 Å².